The third-order valence-electron chi connectivity index (χ3n) is 1.90. The van der Waals surface area contributed by atoms with Gasteiger partial charge < -0.3 is 0 Å². The lowest BCUT2D eigenvalue weighted by atomic mass is 10.2. The Labute approximate surface area is 71.2 Å². The van der Waals surface area contributed by atoms with Crippen LogP contribution in [-0.2, 0) is 0 Å². The van der Waals surface area contributed by atoms with Gasteiger partial charge in [0.2, 0.25) is 0 Å². The molecule has 0 aromatic rings. The van der Waals surface area contributed by atoms with Crippen LogP contribution < -0.4 is 0 Å². The molecule has 0 spiro atoms. The van der Waals surface area contributed by atoms with E-state index in [0.29, 0.717) is 5.56 Å². The topological polar surface area (TPSA) is 23.8 Å². The van der Waals surface area contributed by atoms with Crippen LogP contribution in [-0.4, -0.2) is 0 Å². The molecule has 1 heteroatoms. The van der Waals surface area contributed by atoms with Crippen molar-refractivity contribution in [3.63, 3.8) is 0 Å². The second-order valence-corrected chi connectivity index (χ2v) is 2.67. The van der Waals surface area contributed by atoms with E-state index in [1.165, 1.54) is 11.1 Å². The molecule has 0 amide bonds. The number of rotatable bonds is 0. The summed E-state index contributed by atoms with van der Waals surface area (Å²) in [5.74, 6) is 0. The van der Waals surface area contributed by atoms with E-state index < -0.39 is 0 Å². The summed E-state index contributed by atoms with van der Waals surface area (Å²) in [7, 11) is 0. The molecule has 56 valence electrons. The predicted molar refractivity (Wildman–Crippen MR) is 47.8 cm³/mol. The van der Waals surface area contributed by atoms with Crippen molar-refractivity contribution >= 4 is 0 Å². The highest BCUT2D eigenvalue weighted by Gasteiger charge is 1.97. The van der Waals surface area contributed by atoms with Crippen molar-refractivity contribution in [2.45, 2.75) is 0 Å². The summed E-state index contributed by atoms with van der Waals surface area (Å²) in [6.45, 7) is 0. The Hall–Kier alpha value is -1.81. The summed E-state index contributed by atoms with van der Waals surface area (Å²) in [6, 6.07) is 15.8. The molecule has 0 unspecified atom stereocenters. The summed E-state index contributed by atoms with van der Waals surface area (Å²) < 4.78 is 0. The van der Waals surface area contributed by atoms with Crippen LogP contribution in [0.15, 0.2) is 42.5 Å². The molecule has 0 N–H and O–H groups in total. The second kappa shape index (κ2) is 2.67. The molecule has 0 saturated heterocycles. The van der Waals surface area contributed by atoms with Gasteiger partial charge in [0, 0.05) is 0 Å². The summed E-state index contributed by atoms with van der Waals surface area (Å²) in [6.07, 6.45) is 0. The van der Waals surface area contributed by atoms with Crippen molar-refractivity contribution in [2.24, 2.45) is 0 Å². The monoisotopic (exact) mass is 153 g/mol. The van der Waals surface area contributed by atoms with Crippen LogP contribution in [0, 0.1) is 11.3 Å². The van der Waals surface area contributed by atoms with Crippen LogP contribution in [0.25, 0.3) is 11.1 Å². The first-order chi connectivity index (χ1) is 5.90. The average Bonchev–Trinajstić information content (AvgIpc) is 2.46. The quantitative estimate of drug-likeness (QED) is 0.570. The second-order valence-electron chi connectivity index (χ2n) is 2.67. The Morgan fingerprint density at radius 1 is 0.833 bits per heavy atom. The minimum atomic E-state index is 0.700. The maximum atomic E-state index is 8.64. The number of fused-ring (bicyclic) bond motifs is 1. The van der Waals surface area contributed by atoms with Gasteiger partial charge in [0.05, 0.1) is 11.6 Å². The van der Waals surface area contributed by atoms with E-state index in [2.05, 4.69) is 6.07 Å². The first-order valence-electron chi connectivity index (χ1n) is 3.79. The molecule has 0 radical (unpaired) electrons. The third kappa shape index (κ3) is 1.04. The van der Waals surface area contributed by atoms with Gasteiger partial charge in [-0.15, -0.1) is 0 Å². The highest BCUT2D eigenvalue weighted by atomic mass is 14.2. The fourth-order valence-corrected chi connectivity index (χ4v) is 1.24. The minimum absolute atomic E-state index is 0.700. The van der Waals surface area contributed by atoms with Gasteiger partial charge in [-0.3, -0.25) is 0 Å². The average molecular weight is 153 g/mol. The molecule has 2 rings (SSSR count). The molecule has 12 heavy (non-hydrogen) atoms. The number of hydrogen-bond donors (Lipinski definition) is 0. The summed E-state index contributed by atoms with van der Waals surface area (Å²) in [4.78, 5) is 0. The zero-order valence-electron chi connectivity index (χ0n) is 6.49. The molecule has 0 fully saturated rings. The molecule has 0 aromatic heterocycles. The first kappa shape index (κ1) is 6.87. The summed E-state index contributed by atoms with van der Waals surface area (Å²) in [5.41, 5.74) is 3.05. The predicted octanol–water partition coefficient (Wildman–Crippen LogP) is 2.66. The standard InChI is InChI=1S/C11H7N/c12-8-9-4-6-10-2-1-3-11(10)7-5-9/h1-7H. The Kier molecular flexibility index (Phi) is 1.53. The lowest BCUT2D eigenvalue weighted by Crippen LogP contribution is -1.60. The van der Waals surface area contributed by atoms with Crippen molar-refractivity contribution < 1.29 is 0 Å². The smallest absolute Gasteiger partial charge is 0.0991 e. The molecule has 0 atom stereocenters. The normalized spacial score (nSPS) is 9.58. The Morgan fingerprint density at radius 3 is 1.92 bits per heavy atom. The molecular formula is C11H7N. The fourth-order valence-electron chi connectivity index (χ4n) is 1.24. The molecule has 0 saturated carbocycles. The fraction of sp³-hybridized carbons (Fsp3) is 0. The first-order valence-corrected chi connectivity index (χ1v) is 3.79. The number of nitrogens with zero attached hydrogens (tertiary/aromatic N) is 1. The van der Waals surface area contributed by atoms with Crippen LogP contribution in [0.1, 0.15) is 5.56 Å². The van der Waals surface area contributed by atoms with E-state index in [1.807, 2.05) is 42.5 Å². The van der Waals surface area contributed by atoms with E-state index in [1.54, 1.807) is 0 Å². The van der Waals surface area contributed by atoms with Gasteiger partial charge in [0.15, 0.2) is 0 Å². The van der Waals surface area contributed by atoms with Gasteiger partial charge in [0.25, 0.3) is 0 Å². The van der Waals surface area contributed by atoms with E-state index >= 15 is 0 Å². The van der Waals surface area contributed by atoms with E-state index in [0.717, 1.165) is 0 Å². The van der Waals surface area contributed by atoms with Crippen molar-refractivity contribution in [1.82, 2.24) is 0 Å². The Morgan fingerprint density at radius 2 is 1.42 bits per heavy atom. The van der Waals surface area contributed by atoms with Crippen molar-refractivity contribution in [2.75, 3.05) is 0 Å². The van der Waals surface area contributed by atoms with Gasteiger partial charge >= 0.3 is 0 Å². The Balaban J connectivity index is 2.68. The highest BCUT2D eigenvalue weighted by molar-refractivity contribution is 5.66. The van der Waals surface area contributed by atoms with Crippen LogP contribution in [0.3, 0.4) is 0 Å². The zero-order valence-corrected chi connectivity index (χ0v) is 6.49. The highest BCUT2D eigenvalue weighted by Crippen LogP contribution is 2.21. The minimum Gasteiger partial charge on any atom is -0.192 e. The molecule has 2 aliphatic carbocycles. The maximum absolute atomic E-state index is 8.64. The van der Waals surface area contributed by atoms with Gasteiger partial charge in [-0.25, -0.2) is 0 Å². The maximum Gasteiger partial charge on any atom is 0.0991 e. The molecule has 0 bridgehead atoms. The van der Waals surface area contributed by atoms with Crippen molar-refractivity contribution in [3.05, 3.63) is 48.0 Å². The van der Waals surface area contributed by atoms with Crippen LogP contribution >= 0.6 is 0 Å². The Bertz CT molecular complexity index is 381. The van der Waals surface area contributed by atoms with Gasteiger partial charge in [-0.05, 0) is 23.3 Å². The van der Waals surface area contributed by atoms with Crippen molar-refractivity contribution in [3.8, 4) is 17.2 Å². The summed E-state index contributed by atoms with van der Waals surface area (Å²) >= 11 is 0. The molecule has 0 aliphatic heterocycles. The SMILES string of the molecule is N#Cc1ccc2cccc-2cc1. The largest absolute Gasteiger partial charge is 0.192 e. The number of hydrogen-bond acceptors (Lipinski definition) is 1. The van der Waals surface area contributed by atoms with E-state index in [4.69, 9.17) is 5.26 Å². The summed E-state index contributed by atoms with van der Waals surface area (Å²) in [5, 5.41) is 8.64. The molecule has 0 aromatic carbocycles. The molecule has 0 heterocycles. The van der Waals surface area contributed by atoms with Gasteiger partial charge in [-0.2, -0.15) is 5.26 Å². The zero-order chi connectivity index (χ0) is 8.39. The van der Waals surface area contributed by atoms with Crippen molar-refractivity contribution in [1.29, 1.82) is 5.26 Å². The lowest BCUT2D eigenvalue weighted by Gasteiger charge is -1.85. The van der Waals surface area contributed by atoms with Gasteiger partial charge in [-0.1, -0.05) is 30.3 Å². The van der Waals surface area contributed by atoms with Crippen LogP contribution in [0.5, 0.6) is 0 Å². The molecular weight excluding hydrogens is 146 g/mol. The molecule has 2 aliphatic rings. The van der Waals surface area contributed by atoms with Crippen LogP contribution in [0.4, 0.5) is 0 Å². The van der Waals surface area contributed by atoms with Gasteiger partial charge in [0.1, 0.15) is 0 Å². The van der Waals surface area contributed by atoms with Crippen LogP contribution in [0.2, 0.25) is 0 Å². The van der Waals surface area contributed by atoms with E-state index in [-0.39, 0.29) is 0 Å². The van der Waals surface area contributed by atoms with E-state index in [9.17, 15) is 0 Å². The molecule has 1 nitrogen and oxygen atoms in total. The number of nitriles is 1. The third-order valence-corrected chi connectivity index (χ3v) is 1.90. The lowest BCUT2D eigenvalue weighted by molar-refractivity contribution is 1.50.